The van der Waals surface area contributed by atoms with Crippen LogP contribution < -0.4 is 10.9 Å². The van der Waals surface area contributed by atoms with Crippen molar-refractivity contribution in [3.05, 3.63) is 25.3 Å². The summed E-state index contributed by atoms with van der Waals surface area (Å²) in [5.74, 6) is 0. The van der Waals surface area contributed by atoms with Crippen LogP contribution in [0.5, 0.6) is 0 Å². The Labute approximate surface area is 127 Å². The van der Waals surface area contributed by atoms with Gasteiger partial charge in [-0.3, -0.25) is 10.9 Å². The maximum atomic E-state index is 5.76. The minimum Gasteiger partial charge on any atom is -0.411 e. The minimum absolute atomic E-state index is 0.00623. The summed E-state index contributed by atoms with van der Waals surface area (Å²) < 4.78 is 5.76. The highest BCUT2D eigenvalue weighted by molar-refractivity contribution is 5.98. The van der Waals surface area contributed by atoms with Crippen molar-refractivity contribution in [3.8, 4) is 0 Å². The van der Waals surface area contributed by atoms with Crippen molar-refractivity contribution in [2.75, 3.05) is 19.6 Å². The van der Waals surface area contributed by atoms with Crippen molar-refractivity contribution in [2.45, 2.75) is 46.0 Å². The van der Waals surface area contributed by atoms with Crippen LogP contribution in [0.1, 0.15) is 27.7 Å². The van der Waals surface area contributed by atoms with Gasteiger partial charge in [-0.05, 0) is 27.7 Å². The first-order chi connectivity index (χ1) is 9.44. The molecule has 0 aliphatic rings. The molecule has 20 heavy (non-hydrogen) atoms. The fraction of sp³-hybridized carbons (Fsp3) is 0.714. The van der Waals surface area contributed by atoms with E-state index in [4.69, 9.17) is 4.43 Å². The van der Waals surface area contributed by atoms with Crippen molar-refractivity contribution < 1.29 is 4.43 Å². The van der Waals surface area contributed by atoms with E-state index in [0.29, 0.717) is 22.6 Å². The Hall–Kier alpha value is -0.503. The zero-order chi connectivity index (χ0) is 15.5. The fourth-order valence-corrected chi connectivity index (χ4v) is 2.32. The highest BCUT2D eigenvalue weighted by atomic mass is 28.2. The van der Waals surface area contributed by atoms with Crippen molar-refractivity contribution in [3.63, 3.8) is 0 Å². The van der Waals surface area contributed by atoms with Crippen LogP contribution in [-0.4, -0.2) is 58.4 Å². The monoisotopic (exact) mass is 300 g/mol. The third-order valence-corrected chi connectivity index (χ3v) is 3.08. The molecule has 6 heteroatoms. The summed E-state index contributed by atoms with van der Waals surface area (Å²) in [5, 5.41) is 4.24. The van der Waals surface area contributed by atoms with Crippen molar-refractivity contribution in [2.24, 2.45) is 0 Å². The molecule has 1 unspecified atom stereocenters. The molecule has 0 aromatic heterocycles. The van der Waals surface area contributed by atoms with Gasteiger partial charge in [0.1, 0.15) is 16.7 Å². The van der Waals surface area contributed by atoms with E-state index < -0.39 is 0 Å². The molecule has 0 aromatic carbocycles. The number of nitrogens with zero attached hydrogens (tertiary/aromatic N) is 2. The molecule has 0 aliphatic carbocycles. The van der Waals surface area contributed by atoms with E-state index in [9.17, 15) is 0 Å². The Kier molecular flexibility index (Phi) is 10.9. The van der Waals surface area contributed by atoms with Gasteiger partial charge in [0.05, 0.1) is 6.54 Å². The topological polar surface area (TPSA) is 39.8 Å². The van der Waals surface area contributed by atoms with Crippen molar-refractivity contribution >= 4 is 10.5 Å². The number of hydrazine groups is 2. The van der Waals surface area contributed by atoms with Crippen LogP contribution in [0, 0.1) is 0 Å². The van der Waals surface area contributed by atoms with Crippen LogP contribution in [0.2, 0.25) is 0 Å². The third kappa shape index (κ3) is 8.62. The number of nitrogens with one attached hydrogen (secondary N) is 2. The molecular formula is C14H32N4OSi. The molecule has 1 atom stereocenters. The molecule has 0 radical (unpaired) electrons. The van der Waals surface area contributed by atoms with E-state index in [-0.39, 0.29) is 6.23 Å². The van der Waals surface area contributed by atoms with Crippen molar-refractivity contribution in [1.29, 1.82) is 0 Å². The quantitative estimate of drug-likeness (QED) is 0.236. The standard InChI is InChI=1S/C14H32N4OSi/c1-7-9-17(15-12(3)4)11-14(19-20)18(10-8-2)16-13(5)6/h7-8,12-16H,1-2,9-11H2,3-6,20H3. The van der Waals surface area contributed by atoms with Gasteiger partial charge in [0.2, 0.25) is 0 Å². The lowest BCUT2D eigenvalue weighted by Crippen LogP contribution is -2.56. The zero-order valence-electron chi connectivity index (χ0n) is 13.7. The van der Waals surface area contributed by atoms with Gasteiger partial charge in [-0.1, -0.05) is 12.2 Å². The van der Waals surface area contributed by atoms with Gasteiger partial charge in [0, 0.05) is 25.2 Å². The molecule has 0 bridgehead atoms. The molecule has 0 amide bonds. The predicted molar refractivity (Wildman–Crippen MR) is 90.0 cm³/mol. The number of hydrogen-bond donors (Lipinski definition) is 2. The third-order valence-electron chi connectivity index (χ3n) is 2.54. The average Bonchev–Trinajstić information content (AvgIpc) is 2.34. The zero-order valence-corrected chi connectivity index (χ0v) is 15.7. The summed E-state index contributed by atoms with van der Waals surface area (Å²) >= 11 is 0. The van der Waals surface area contributed by atoms with E-state index in [1.807, 2.05) is 12.2 Å². The van der Waals surface area contributed by atoms with E-state index >= 15 is 0 Å². The molecule has 118 valence electrons. The second-order valence-electron chi connectivity index (χ2n) is 5.39. The van der Waals surface area contributed by atoms with E-state index in [1.165, 1.54) is 0 Å². The predicted octanol–water partition coefficient (Wildman–Crippen LogP) is 0.412. The molecule has 0 saturated heterocycles. The van der Waals surface area contributed by atoms with Crippen LogP contribution in [0.25, 0.3) is 0 Å². The Morgan fingerprint density at radius 2 is 1.60 bits per heavy atom. The molecule has 0 aliphatic heterocycles. The molecule has 0 aromatic rings. The maximum absolute atomic E-state index is 5.76. The van der Waals surface area contributed by atoms with Crippen molar-refractivity contribution in [1.82, 2.24) is 20.9 Å². The highest BCUT2D eigenvalue weighted by Gasteiger charge is 2.20. The smallest absolute Gasteiger partial charge is 0.148 e. The van der Waals surface area contributed by atoms with Gasteiger partial charge in [-0.2, -0.15) is 0 Å². The summed E-state index contributed by atoms with van der Waals surface area (Å²) in [5.41, 5.74) is 6.82. The fourth-order valence-electron chi connectivity index (χ4n) is 1.91. The van der Waals surface area contributed by atoms with Crippen LogP contribution in [0.15, 0.2) is 25.3 Å². The van der Waals surface area contributed by atoms with Gasteiger partial charge in [-0.15, -0.1) is 13.2 Å². The summed E-state index contributed by atoms with van der Waals surface area (Å²) in [6.07, 6.45) is 3.78. The summed E-state index contributed by atoms with van der Waals surface area (Å²) in [6.45, 7) is 18.4. The van der Waals surface area contributed by atoms with Crippen LogP contribution in [0.3, 0.4) is 0 Å². The minimum atomic E-state index is -0.00623. The summed E-state index contributed by atoms with van der Waals surface area (Å²) in [6, 6.07) is 0.746. The molecule has 0 rings (SSSR count). The van der Waals surface area contributed by atoms with Gasteiger partial charge in [0.15, 0.2) is 0 Å². The lowest BCUT2D eigenvalue weighted by Gasteiger charge is -2.36. The lowest BCUT2D eigenvalue weighted by atomic mass is 10.4. The lowest BCUT2D eigenvalue weighted by molar-refractivity contribution is -0.0379. The molecule has 5 nitrogen and oxygen atoms in total. The number of rotatable bonds is 12. The van der Waals surface area contributed by atoms with Crippen LogP contribution in [0.4, 0.5) is 0 Å². The molecule has 0 saturated carbocycles. The Bertz CT molecular complexity index is 274. The van der Waals surface area contributed by atoms with E-state index in [2.05, 4.69) is 61.7 Å². The van der Waals surface area contributed by atoms with E-state index in [0.717, 1.165) is 19.6 Å². The molecule has 0 heterocycles. The molecule has 0 spiro atoms. The van der Waals surface area contributed by atoms with Gasteiger partial charge in [0.25, 0.3) is 0 Å². The van der Waals surface area contributed by atoms with E-state index in [1.54, 1.807) is 0 Å². The first-order valence-corrected chi connectivity index (χ1v) is 8.04. The Morgan fingerprint density at radius 1 is 1.05 bits per heavy atom. The van der Waals surface area contributed by atoms with Gasteiger partial charge in [-0.25, -0.2) is 10.0 Å². The molecular weight excluding hydrogens is 268 g/mol. The first kappa shape index (κ1) is 19.5. The highest BCUT2D eigenvalue weighted by Crippen LogP contribution is 2.02. The molecule has 0 fully saturated rings. The average molecular weight is 301 g/mol. The second kappa shape index (κ2) is 11.2. The van der Waals surface area contributed by atoms with Gasteiger partial charge < -0.3 is 4.43 Å². The first-order valence-electron chi connectivity index (χ1n) is 7.23. The van der Waals surface area contributed by atoms with Crippen LogP contribution in [-0.2, 0) is 4.43 Å². The Morgan fingerprint density at radius 3 is 2.00 bits per heavy atom. The number of hydrogen-bond acceptors (Lipinski definition) is 5. The summed E-state index contributed by atoms with van der Waals surface area (Å²) in [7, 11) is 0.690. The van der Waals surface area contributed by atoms with Gasteiger partial charge >= 0.3 is 0 Å². The Balaban J connectivity index is 4.71. The summed E-state index contributed by atoms with van der Waals surface area (Å²) in [4.78, 5) is 0. The largest absolute Gasteiger partial charge is 0.411 e. The maximum Gasteiger partial charge on any atom is 0.148 e. The molecule has 2 N–H and O–H groups in total. The van der Waals surface area contributed by atoms with Crippen LogP contribution >= 0.6 is 0 Å². The second-order valence-corrected chi connectivity index (χ2v) is 5.86. The normalized spacial score (nSPS) is 13.6. The SMILES string of the molecule is C=CCN(CC(O[SiH3])N(CC=C)NC(C)C)NC(C)C.